The van der Waals surface area contributed by atoms with Crippen molar-refractivity contribution in [2.75, 3.05) is 23.5 Å². The van der Waals surface area contributed by atoms with Crippen LogP contribution in [-0.2, 0) is 9.59 Å². The Labute approximate surface area is 189 Å². The number of thioether (sulfide) groups is 1. The number of hydrogen-bond donors (Lipinski definition) is 2. The van der Waals surface area contributed by atoms with Crippen LogP contribution >= 0.6 is 23.1 Å². The minimum atomic E-state index is -0.0881. The Kier molecular flexibility index (Phi) is 7.09. The van der Waals surface area contributed by atoms with Crippen molar-refractivity contribution >= 4 is 56.5 Å². The summed E-state index contributed by atoms with van der Waals surface area (Å²) in [5.74, 6) is 1.18. The van der Waals surface area contributed by atoms with E-state index in [0.29, 0.717) is 0 Å². The highest BCUT2D eigenvalue weighted by Crippen LogP contribution is 2.32. The first-order valence-corrected chi connectivity index (χ1v) is 12.2. The second-order valence-electron chi connectivity index (χ2n) is 7.55. The van der Waals surface area contributed by atoms with Gasteiger partial charge in [0.25, 0.3) is 0 Å². The van der Waals surface area contributed by atoms with Gasteiger partial charge in [-0.2, -0.15) is 0 Å². The van der Waals surface area contributed by atoms with E-state index in [1.807, 2.05) is 30.3 Å². The number of nitrogens with one attached hydrogen (secondary N) is 2. The molecule has 0 bridgehead atoms. The summed E-state index contributed by atoms with van der Waals surface area (Å²) in [6.07, 6.45) is 5.47. The molecule has 0 saturated heterocycles. The number of methoxy groups -OCH3 is 1. The summed E-state index contributed by atoms with van der Waals surface area (Å²) < 4.78 is 6.95. The number of thiazole rings is 1. The summed E-state index contributed by atoms with van der Waals surface area (Å²) >= 11 is 2.94. The maximum Gasteiger partial charge on any atom is 0.234 e. The van der Waals surface area contributed by atoms with Crippen LogP contribution in [0.3, 0.4) is 0 Å². The number of hydrogen-bond acceptors (Lipinski definition) is 6. The van der Waals surface area contributed by atoms with Gasteiger partial charge in [0.1, 0.15) is 5.75 Å². The zero-order valence-corrected chi connectivity index (χ0v) is 19.0. The van der Waals surface area contributed by atoms with Crippen molar-refractivity contribution in [1.29, 1.82) is 0 Å². The lowest BCUT2D eigenvalue weighted by molar-refractivity contribution is -0.120. The lowest BCUT2D eigenvalue weighted by atomic mass is 9.88. The molecule has 31 heavy (non-hydrogen) atoms. The molecule has 1 aliphatic rings. The van der Waals surface area contributed by atoms with Gasteiger partial charge in [0.2, 0.25) is 11.8 Å². The Hall–Kier alpha value is -2.58. The molecule has 2 amide bonds. The fourth-order valence-electron chi connectivity index (χ4n) is 3.65. The van der Waals surface area contributed by atoms with Crippen molar-refractivity contribution < 1.29 is 14.3 Å². The van der Waals surface area contributed by atoms with Gasteiger partial charge in [-0.25, -0.2) is 4.98 Å². The quantitative estimate of drug-likeness (QED) is 0.456. The molecular formula is C23H25N3O3S2. The molecule has 0 aliphatic heterocycles. The summed E-state index contributed by atoms with van der Waals surface area (Å²) in [7, 11) is 1.61. The molecule has 0 unspecified atom stereocenters. The highest BCUT2D eigenvalue weighted by Gasteiger charge is 2.21. The third-order valence-corrected chi connectivity index (χ3v) is 7.47. The minimum Gasteiger partial charge on any atom is -0.497 e. The van der Waals surface area contributed by atoms with E-state index in [9.17, 15) is 9.59 Å². The number of nitrogens with zero attached hydrogens (tertiary/aromatic N) is 1. The first-order chi connectivity index (χ1) is 15.1. The third kappa shape index (κ3) is 5.77. The van der Waals surface area contributed by atoms with Gasteiger partial charge in [-0.1, -0.05) is 31.0 Å². The molecule has 8 heteroatoms. The second-order valence-corrected chi connectivity index (χ2v) is 9.80. The van der Waals surface area contributed by atoms with Gasteiger partial charge in [0.15, 0.2) is 4.34 Å². The summed E-state index contributed by atoms with van der Waals surface area (Å²) in [6.45, 7) is 0. The van der Waals surface area contributed by atoms with Gasteiger partial charge in [0.05, 0.1) is 23.1 Å². The van der Waals surface area contributed by atoms with Crippen LogP contribution in [0, 0.1) is 5.92 Å². The van der Waals surface area contributed by atoms with E-state index in [2.05, 4.69) is 15.6 Å². The van der Waals surface area contributed by atoms with Crippen LogP contribution in [0.4, 0.5) is 11.4 Å². The van der Waals surface area contributed by atoms with Crippen LogP contribution in [0.2, 0.25) is 0 Å². The molecule has 162 valence electrons. The predicted octanol–water partition coefficient (Wildman–Crippen LogP) is 5.55. The highest BCUT2D eigenvalue weighted by molar-refractivity contribution is 8.01. The number of anilines is 2. The van der Waals surface area contributed by atoms with Gasteiger partial charge < -0.3 is 15.4 Å². The van der Waals surface area contributed by atoms with Crippen molar-refractivity contribution in [2.45, 2.75) is 36.4 Å². The SMILES string of the molecule is COc1ccc(NC(=O)CSc2nc3ccc(NC(=O)C4CCCCC4)cc3s2)cc1. The molecule has 0 spiro atoms. The Morgan fingerprint density at radius 1 is 1.06 bits per heavy atom. The fraction of sp³-hybridized carbons (Fsp3) is 0.348. The number of carbonyl (C=O) groups excluding carboxylic acids is 2. The third-order valence-electron chi connectivity index (χ3n) is 5.31. The number of carbonyl (C=O) groups is 2. The van der Waals surface area contributed by atoms with Crippen LogP contribution in [0.1, 0.15) is 32.1 Å². The molecule has 4 rings (SSSR count). The molecule has 0 radical (unpaired) electrons. The van der Waals surface area contributed by atoms with Crippen LogP contribution in [0.25, 0.3) is 10.2 Å². The van der Waals surface area contributed by atoms with E-state index in [1.165, 1.54) is 29.5 Å². The molecule has 1 heterocycles. The van der Waals surface area contributed by atoms with E-state index in [4.69, 9.17) is 4.74 Å². The summed E-state index contributed by atoms with van der Waals surface area (Å²) in [4.78, 5) is 29.3. The largest absolute Gasteiger partial charge is 0.497 e. The fourth-order valence-corrected chi connectivity index (χ4v) is 5.56. The second kappa shape index (κ2) is 10.2. The number of benzene rings is 2. The predicted molar refractivity (Wildman–Crippen MR) is 127 cm³/mol. The molecule has 1 aliphatic carbocycles. The molecule has 1 aromatic heterocycles. The maximum atomic E-state index is 12.5. The van der Waals surface area contributed by atoms with Crippen LogP contribution in [-0.4, -0.2) is 29.7 Å². The van der Waals surface area contributed by atoms with E-state index in [1.54, 1.807) is 19.2 Å². The van der Waals surface area contributed by atoms with Gasteiger partial charge in [0, 0.05) is 17.3 Å². The summed E-state index contributed by atoms with van der Waals surface area (Å²) in [5.41, 5.74) is 2.41. The van der Waals surface area contributed by atoms with Gasteiger partial charge in [-0.05, 0) is 55.3 Å². The zero-order chi connectivity index (χ0) is 21.6. The van der Waals surface area contributed by atoms with E-state index < -0.39 is 0 Å². The van der Waals surface area contributed by atoms with E-state index >= 15 is 0 Å². The number of rotatable bonds is 7. The van der Waals surface area contributed by atoms with Crippen molar-refractivity contribution in [1.82, 2.24) is 4.98 Å². The number of aromatic nitrogens is 1. The molecule has 1 saturated carbocycles. The average molecular weight is 456 g/mol. The van der Waals surface area contributed by atoms with Crippen LogP contribution < -0.4 is 15.4 Å². The zero-order valence-electron chi connectivity index (χ0n) is 17.3. The lowest BCUT2D eigenvalue weighted by Crippen LogP contribution is -2.24. The van der Waals surface area contributed by atoms with Gasteiger partial charge in [-0.3, -0.25) is 9.59 Å². The van der Waals surface area contributed by atoms with Crippen LogP contribution in [0.5, 0.6) is 5.75 Å². The maximum absolute atomic E-state index is 12.5. The summed E-state index contributed by atoms with van der Waals surface area (Å²) in [6, 6.07) is 13.0. The molecule has 2 aromatic carbocycles. The first kappa shape index (κ1) is 21.6. The topological polar surface area (TPSA) is 80.3 Å². The highest BCUT2D eigenvalue weighted by atomic mass is 32.2. The lowest BCUT2D eigenvalue weighted by Gasteiger charge is -2.20. The molecular weight excluding hydrogens is 430 g/mol. The monoisotopic (exact) mass is 455 g/mol. The number of fused-ring (bicyclic) bond motifs is 1. The van der Waals surface area contributed by atoms with Gasteiger partial charge in [-0.15, -0.1) is 11.3 Å². The normalized spacial score (nSPS) is 14.4. The van der Waals surface area contributed by atoms with E-state index in [-0.39, 0.29) is 23.5 Å². The van der Waals surface area contributed by atoms with Crippen LogP contribution in [0.15, 0.2) is 46.8 Å². The molecule has 2 N–H and O–H groups in total. The smallest absolute Gasteiger partial charge is 0.234 e. The average Bonchev–Trinajstić information content (AvgIpc) is 3.21. The standard InChI is InChI=1S/C23H25N3O3S2/c1-29-18-10-7-16(8-11-18)24-21(27)14-30-23-26-19-12-9-17(13-20(19)31-23)25-22(28)15-5-3-2-4-6-15/h7-13,15H,2-6,14H2,1H3,(H,24,27)(H,25,28). The van der Waals surface area contributed by atoms with Crippen molar-refractivity contribution in [2.24, 2.45) is 5.92 Å². The summed E-state index contributed by atoms with van der Waals surface area (Å²) in [5, 5.41) is 5.93. The molecule has 0 atom stereocenters. The van der Waals surface area contributed by atoms with E-state index in [0.717, 1.165) is 57.4 Å². The molecule has 3 aromatic rings. The van der Waals surface area contributed by atoms with Crippen molar-refractivity contribution in [3.8, 4) is 5.75 Å². The Morgan fingerprint density at radius 2 is 1.81 bits per heavy atom. The minimum absolute atomic E-state index is 0.0881. The Balaban J connectivity index is 1.33. The molecule has 1 fully saturated rings. The first-order valence-electron chi connectivity index (χ1n) is 10.4. The number of ether oxygens (including phenoxy) is 1. The van der Waals surface area contributed by atoms with Crippen molar-refractivity contribution in [3.05, 3.63) is 42.5 Å². The Bertz CT molecular complexity index is 1060. The van der Waals surface area contributed by atoms with Crippen molar-refractivity contribution in [3.63, 3.8) is 0 Å². The molecule has 6 nitrogen and oxygen atoms in total. The number of amides is 2. The van der Waals surface area contributed by atoms with Gasteiger partial charge >= 0.3 is 0 Å². The Morgan fingerprint density at radius 3 is 2.55 bits per heavy atom.